The zero-order chi connectivity index (χ0) is 14.3. The van der Waals surface area contributed by atoms with Crippen LogP contribution in [0.3, 0.4) is 0 Å². The molecular weight excluding hydrogens is 258 g/mol. The first-order valence-electron chi connectivity index (χ1n) is 7.16. The third-order valence-electron chi connectivity index (χ3n) is 3.63. The Balaban J connectivity index is 2.41. The Morgan fingerprint density at radius 2 is 1.85 bits per heavy atom. The third-order valence-corrected chi connectivity index (χ3v) is 3.63. The van der Waals surface area contributed by atoms with Crippen LogP contribution >= 0.6 is 0 Å². The average molecular weight is 277 g/mol. The molecule has 2 aromatic heterocycles. The molecule has 0 spiro atoms. The highest BCUT2D eigenvalue weighted by atomic mass is 16.2. The van der Waals surface area contributed by atoms with Crippen LogP contribution in [0, 0.1) is 0 Å². The Morgan fingerprint density at radius 1 is 1.15 bits per heavy atom. The van der Waals surface area contributed by atoms with Crippen molar-refractivity contribution in [2.24, 2.45) is 0 Å². The summed E-state index contributed by atoms with van der Waals surface area (Å²) in [5.74, 6) is 0.690. The lowest BCUT2D eigenvalue weighted by Crippen LogP contribution is -2.40. The molecule has 0 bridgehead atoms. The summed E-state index contributed by atoms with van der Waals surface area (Å²) < 4.78 is 4.85. The molecule has 3 heterocycles. The van der Waals surface area contributed by atoms with Gasteiger partial charge in [-0.2, -0.15) is 4.98 Å². The second kappa shape index (κ2) is 4.81. The van der Waals surface area contributed by atoms with Gasteiger partial charge < -0.3 is 9.88 Å². The van der Waals surface area contributed by atoms with Crippen LogP contribution in [0.5, 0.6) is 0 Å². The van der Waals surface area contributed by atoms with Crippen molar-refractivity contribution in [1.29, 1.82) is 0 Å². The van der Waals surface area contributed by atoms with Crippen LogP contribution in [-0.4, -0.2) is 25.2 Å². The summed E-state index contributed by atoms with van der Waals surface area (Å²) in [5, 5.41) is 3.15. The first kappa shape index (κ1) is 13.0. The maximum atomic E-state index is 12.6. The minimum atomic E-state index is -0.247. The van der Waals surface area contributed by atoms with E-state index in [-0.39, 0.29) is 11.2 Å². The van der Waals surface area contributed by atoms with Gasteiger partial charge in [0.1, 0.15) is 0 Å². The summed E-state index contributed by atoms with van der Waals surface area (Å²) in [4.78, 5) is 29.5. The number of nitrogens with zero attached hydrogens (tertiary/aromatic N) is 4. The molecule has 0 atom stereocenters. The first-order chi connectivity index (χ1) is 9.69. The van der Waals surface area contributed by atoms with E-state index in [4.69, 9.17) is 0 Å². The summed E-state index contributed by atoms with van der Waals surface area (Å²) in [7, 11) is 0. The van der Waals surface area contributed by atoms with Crippen molar-refractivity contribution >= 4 is 17.1 Å². The van der Waals surface area contributed by atoms with Gasteiger partial charge in [-0.15, -0.1) is 0 Å². The van der Waals surface area contributed by atoms with Gasteiger partial charge in [0.15, 0.2) is 11.2 Å². The van der Waals surface area contributed by atoms with Gasteiger partial charge in [0.05, 0.1) is 0 Å². The van der Waals surface area contributed by atoms with E-state index in [1.165, 1.54) is 4.57 Å². The van der Waals surface area contributed by atoms with E-state index < -0.39 is 0 Å². The maximum Gasteiger partial charge on any atom is 0.332 e. The quantitative estimate of drug-likeness (QED) is 0.888. The Labute approximate surface area is 115 Å². The molecule has 1 N–H and O–H groups in total. The van der Waals surface area contributed by atoms with Crippen LogP contribution in [0.4, 0.5) is 5.95 Å². The molecule has 1 aliphatic rings. The zero-order valence-corrected chi connectivity index (χ0v) is 11.8. The van der Waals surface area contributed by atoms with Crippen molar-refractivity contribution in [1.82, 2.24) is 18.7 Å². The van der Waals surface area contributed by atoms with Crippen LogP contribution in [0.25, 0.3) is 11.2 Å². The molecule has 0 aromatic carbocycles. The summed E-state index contributed by atoms with van der Waals surface area (Å²) in [6, 6.07) is 0. The van der Waals surface area contributed by atoms with E-state index in [2.05, 4.69) is 10.3 Å². The molecular formula is C13H19N5O2. The molecule has 0 unspecified atom stereocenters. The van der Waals surface area contributed by atoms with Gasteiger partial charge in [0, 0.05) is 26.2 Å². The summed E-state index contributed by atoms with van der Waals surface area (Å²) in [6.45, 7) is 6.50. The van der Waals surface area contributed by atoms with Gasteiger partial charge in [-0.05, 0) is 12.8 Å². The van der Waals surface area contributed by atoms with Gasteiger partial charge >= 0.3 is 5.69 Å². The number of aryl methyl sites for hydroxylation is 1. The lowest BCUT2D eigenvalue weighted by atomic mass is 10.4. The van der Waals surface area contributed by atoms with Crippen molar-refractivity contribution in [3.63, 3.8) is 0 Å². The topological polar surface area (TPSA) is 73.8 Å². The van der Waals surface area contributed by atoms with Gasteiger partial charge in [-0.1, -0.05) is 13.8 Å². The van der Waals surface area contributed by atoms with Gasteiger partial charge in [0.25, 0.3) is 5.56 Å². The number of imidazole rings is 1. The Morgan fingerprint density at radius 3 is 2.55 bits per heavy atom. The van der Waals surface area contributed by atoms with Gasteiger partial charge in [0.2, 0.25) is 5.95 Å². The van der Waals surface area contributed by atoms with Gasteiger partial charge in [-0.3, -0.25) is 13.9 Å². The van der Waals surface area contributed by atoms with E-state index in [0.29, 0.717) is 30.2 Å². The fraction of sp³-hybridized carbons (Fsp3) is 0.615. The predicted molar refractivity (Wildman–Crippen MR) is 77.3 cm³/mol. The molecule has 7 heteroatoms. The van der Waals surface area contributed by atoms with E-state index in [1.54, 1.807) is 4.57 Å². The molecule has 0 saturated carbocycles. The monoisotopic (exact) mass is 277 g/mol. The molecule has 0 saturated heterocycles. The highest BCUT2D eigenvalue weighted by molar-refractivity contribution is 5.75. The molecule has 0 amide bonds. The SMILES string of the molecule is CCCn1c(=O)c2c(nc3n2CCN3)n(CCC)c1=O. The van der Waals surface area contributed by atoms with Crippen molar-refractivity contribution in [2.75, 3.05) is 11.9 Å². The summed E-state index contributed by atoms with van der Waals surface area (Å²) in [6.07, 6.45) is 1.58. The van der Waals surface area contributed by atoms with Crippen molar-refractivity contribution in [2.45, 2.75) is 46.3 Å². The first-order valence-corrected chi connectivity index (χ1v) is 7.16. The minimum absolute atomic E-state index is 0.221. The van der Waals surface area contributed by atoms with E-state index in [9.17, 15) is 9.59 Å². The summed E-state index contributed by atoms with van der Waals surface area (Å²) in [5.41, 5.74) is 0.590. The van der Waals surface area contributed by atoms with Crippen LogP contribution < -0.4 is 16.6 Å². The highest BCUT2D eigenvalue weighted by Crippen LogP contribution is 2.19. The molecule has 7 nitrogen and oxygen atoms in total. The van der Waals surface area contributed by atoms with Gasteiger partial charge in [-0.25, -0.2) is 4.79 Å². The Hall–Kier alpha value is -2.05. The standard InChI is InChI=1S/C13H19N5O2/c1-3-6-17-10-9(16-8-5-14-12(16)15-10)11(19)18(7-4-2)13(17)20/h3-8H2,1-2H3,(H,14,15). The maximum absolute atomic E-state index is 12.6. The molecule has 2 aromatic rings. The van der Waals surface area contributed by atoms with Crippen molar-refractivity contribution in [3.05, 3.63) is 20.8 Å². The van der Waals surface area contributed by atoms with E-state index in [0.717, 1.165) is 25.9 Å². The predicted octanol–water partition coefficient (Wildman–Crippen LogP) is 0.605. The minimum Gasteiger partial charge on any atom is -0.354 e. The van der Waals surface area contributed by atoms with Crippen molar-refractivity contribution in [3.8, 4) is 0 Å². The molecule has 1 aliphatic heterocycles. The zero-order valence-electron chi connectivity index (χ0n) is 11.8. The van der Waals surface area contributed by atoms with Crippen LogP contribution in [0.15, 0.2) is 9.59 Å². The lowest BCUT2D eigenvalue weighted by molar-refractivity contribution is 0.553. The number of hydrogen-bond donors (Lipinski definition) is 1. The smallest absolute Gasteiger partial charge is 0.332 e. The largest absolute Gasteiger partial charge is 0.354 e. The number of rotatable bonds is 4. The second-order valence-corrected chi connectivity index (χ2v) is 5.08. The molecule has 0 aliphatic carbocycles. The number of hydrogen-bond acceptors (Lipinski definition) is 4. The normalized spacial score (nSPS) is 13.7. The average Bonchev–Trinajstić information content (AvgIpc) is 2.99. The number of aromatic nitrogens is 4. The van der Waals surface area contributed by atoms with Crippen LogP contribution in [0.1, 0.15) is 26.7 Å². The van der Waals surface area contributed by atoms with Crippen LogP contribution in [0.2, 0.25) is 0 Å². The van der Waals surface area contributed by atoms with E-state index >= 15 is 0 Å². The summed E-state index contributed by atoms with van der Waals surface area (Å²) >= 11 is 0. The fourth-order valence-electron chi connectivity index (χ4n) is 2.77. The van der Waals surface area contributed by atoms with Crippen LogP contribution in [-0.2, 0) is 19.6 Å². The molecule has 3 rings (SSSR count). The Bertz CT molecular complexity index is 768. The fourth-order valence-corrected chi connectivity index (χ4v) is 2.77. The van der Waals surface area contributed by atoms with E-state index in [1.807, 2.05) is 18.4 Å². The third kappa shape index (κ3) is 1.69. The molecule has 0 radical (unpaired) electrons. The lowest BCUT2D eigenvalue weighted by Gasteiger charge is -2.10. The number of nitrogens with one attached hydrogen (secondary N) is 1. The second-order valence-electron chi connectivity index (χ2n) is 5.08. The molecule has 20 heavy (non-hydrogen) atoms. The molecule has 0 fully saturated rings. The van der Waals surface area contributed by atoms with Crippen molar-refractivity contribution < 1.29 is 0 Å². The Kier molecular flexibility index (Phi) is 3.11. The molecule has 108 valence electrons. The number of anilines is 1. The highest BCUT2D eigenvalue weighted by Gasteiger charge is 2.23. The number of fused-ring (bicyclic) bond motifs is 3.